The third kappa shape index (κ3) is 3.66. The van der Waals surface area contributed by atoms with E-state index in [1.165, 1.54) is 11.3 Å². The summed E-state index contributed by atoms with van der Waals surface area (Å²) in [6.45, 7) is 0. The molecule has 0 bridgehead atoms. The maximum absolute atomic E-state index is 6.35. The Kier molecular flexibility index (Phi) is 4.77. The van der Waals surface area contributed by atoms with Crippen molar-refractivity contribution in [2.45, 2.75) is 0 Å². The summed E-state index contributed by atoms with van der Waals surface area (Å²) in [6, 6.07) is 15.8. The van der Waals surface area contributed by atoms with Crippen molar-refractivity contribution in [1.29, 1.82) is 0 Å². The van der Waals surface area contributed by atoms with Crippen LogP contribution in [0.25, 0.3) is 16.9 Å². The van der Waals surface area contributed by atoms with Gasteiger partial charge in [0.2, 0.25) is 5.13 Å². The third-order valence-electron chi connectivity index (χ3n) is 3.70. The van der Waals surface area contributed by atoms with Gasteiger partial charge in [0.15, 0.2) is 0 Å². The van der Waals surface area contributed by atoms with Crippen molar-refractivity contribution in [3.8, 4) is 16.9 Å². The van der Waals surface area contributed by atoms with E-state index < -0.39 is 0 Å². The SMILES string of the molecule is Clc1cc(C=NNc2nc(-c3ccccc3)cs2)ccc1-n1ccnc1. The van der Waals surface area contributed by atoms with Crippen LogP contribution < -0.4 is 5.43 Å². The minimum atomic E-state index is 0.632. The van der Waals surface area contributed by atoms with Crippen LogP contribution in [-0.4, -0.2) is 20.7 Å². The molecular formula is C19H14ClN5S. The van der Waals surface area contributed by atoms with Crippen LogP contribution in [0.2, 0.25) is 5.02 Å². The summed E-state index contributed by atoms with van der Waals surface area (Å²) in [4.78, 5) is 8.57. The molecule has 0 radical (unpaired) electrons. The largest absolute Gasteiger partial charge is 0.305 e. The Bertz CT molecular complexity index is 1030. The molecular weight excluding hydrogens is 366 g/mol. The Morgan fingerprint density at radius 1 is 1.15 bits per heavy atom. The topological polar surface area (TPSA) is 55.1 Å². The van der Waals surface area contributed by atoms with E-state index in [2.05, 4.69) is 20.5 Å². The highest BCUT2D eigenvalue weighted by Gasteiger charge is 2.04. The first-order valence-corrected chi connectivity index (χ1v) is 9.13. The van der Waals surface area contributed by atoms with Crippen LogP contribution in [0.1, 0.15) is 5.56 Å². The molecule has 2 aromatic carbocycles. The summed E-state index contributed by atoms with van der Waals surface area (Å²) >= 11 is 7.86. The maximum atomic E-state index is 6.35. The lowest BCUT2D eigenvalue weighted by Crippen LogP contribution is -1.94. The zero-order valence-corrected chi connectivity index (χ0v) is 15.2. The van der Waals surface area contributed by atoms with Crippen molar-refractivity contribution < 1.29 is 0 Å². The summed E-state index contributed by atoms with van der Waals surface area (Å²) in [5.41, 5.74) is 6.75. The maximum Gasteiger partial charge on any atom is 0.203 e. The highest BCUT2D eigenvalue weighted by Crippen LogP contribution is 2.24. The number of rotatable bonds is 5. The van der Waals surface area contributed by atoms with Crippen LogP contribution in [0.3, 0.4) is 0 Å². The smallest absolute Gasteiger partial charge is 0.203 e. The fraction of sp³-hybridized carbons (Fsp3) is 0. The van der Waals surface area contributed by atoms with Crippen LogP contribution in [0.4, 0.5) is 5.13 Å². The molecule has 0 saturated heterocycles. The lowest BCUT2D eigenvalue weighted by molar-refractivity contribution is 1.06. The molecule has 5 nitrogen and oxygen atoms in total. The van der Waals surface area contributed by atoms with Gasteiger partial charge in [-0.05, 0) is 17.7 Å². The van der Waals surface area contributed by atoms with Gasteiger partial charge in [-0.3, -0.25) is 5.43 Å². The second-order valence-corrected chi connectivity index (χ2v) is 6.72. The summed E-state index contributed by atoms with van der Waals surface area (Å²) in [5.74, 6) is 0. The molecule has 2 heterocycles. The number of hydrazone groups is 1. The predicted octanol–water partition coefficient (Wildman–Crippen LogP) is 5.10. The van der Waals surface area contributed by atoms with E-state index in [1.54, 1.807) is 18.7 Å². The summed E-state index contributed by atoms with van der Waals surface area (Å²) < 4.78 is 1.86. The van der Waals surface area contributed by atoms with Gasteiger partial charge < -0.3 is 4.57 Å². The number of thiazole rings is 1. The van der Waals surface area contributed by atoms with Crippen molar-refractivity contribution >= 4 is 34.3 Å². The molecule has 0 aliphatic carbocycles. The van der Waals surface area contributed by atoms with Gasteiger partial charge >= 0.3 is 0 Å². The number of benzene rings is 2. The summed E-state index contributed by atoms with van der Waals surface area (Å²) in [6.07, 6.45) is 6.99. The number of halogens is 1. The molecule has 0 atom stereocenters. The summed E-state index contributed by atoms with van der Waals surface area (Å²) in [7, 11) is 0. The lowest BCUT2D eigenvalue weighted by Gasteiger charge is -2.05. The summed E-state index contributed by atoms with van der Waals surface area (Å²) in [5, 5.41) is 7.62. The highest BCUT2D eigenvalue weighted by atomic mass is 35.5. The van der Waals surface area contributed by atoms with Crippen molar-refractivity contribution in [2.75, 3.05) is 5.43 Å². The standard InChI is InChI=1S/C19H14ClN5S/c20-16-10-14(6-7-18(16)25-9-8-21-13-25)11-22-24-19-23-17(12-26-19)15-4-2-1-3-5-15/h1-13H,(H,23,24). The number of anilines is 1. The molecule has 128 valence electrons. The van der Waals surface area contributed by atoms with Crippen molar-refractivity contribution in [1.82, 2.24) is 14.5 Å². The first kappa shape index (κ1) is 16.5. The fourth-order valence-corrected chi connectivity index (χ4v) is 3.40. The highest BCUT2D eigenvalue weighted by molar-refractivity contribution is 7.14. The van der Waals surface area contributed by atoms with E-state index in [-0.39, 0.29) is 0 Å². The average Bonchev–Trinajstić information content (AvgIpc) is 3.35. The Balaban J connectivity index is 1.44. The monoisotopic (exact) mass is 379 g/mol. The van der Waals surface area contributed by atoms with Crippen LogP contribution in [0.5, 0.6) is 0 Å². The molecule has 0 fully saturated rings. The van der Waals surface area contributed by atoms with Crippen molar-refractivity contribution in [3.63, 3.8) is 0 Å². The number of hydrogen-bond donors (Lipinski definition) is 1. The molecule has 0 amide bonds. The van der Waals surface area contributed by atoms with Crippen LogP contribution in [0.15, 0.2) is 77.7 Å². The van der Waals surface area contributed by atoms with Gasteiger partial charge in [-0.25, -0.2) is 9.97 Å². The van der Waals surface area contributed by atoms with Gasteiger partial charge in [-0.2, -0.15) is 5.10 Å². The van der Waals surface area contributed by atoms with Gasteiger partial charge in [0.05, 0.1) is 28.9 Å². The zero-order chi connectivity index (χ0) is 17.8. The third-order valence-corrected chi connectivity index (χ3v) is 4.75. The Hall–Kier alpha value is -2.96. The molecule has 0 aliphatic heterocycles. The molecule has 0 unspecified atom stereocenters. The molecule has 4 rings (SSSR count). The molecule has 4 aromatic rings. The molecule has 0 aliphatic rings. The Morgan fingerprint density at radius 3 is 2.81 bits per heavy atom. The second kappa shape index (κ2) is 7.51. The van der Waals surface area contributed by atoms with E-state index in [0.29, 0.717) is 5.02 Å². The molecule has 1 N–H and O–H groups in total. The number of nitrogens with zero attached hydrogens (tertiary/aromatic N) is 4. The second-order valence-electron chi connectivity index (χ2n) is 5.45. The Labute approximate surface area is 159 Å². The number of imidazole rings is 1. The van der Waals surface area contributed by atoms with E-state index >= 15 is 0 Å². The van der Waals surface area contributed by atoms with Crippen molar-refractivity contribution in [2.24, 2.45) is 5.10 Å². The van der Waals surface area contributed by atoms with Gasteiger partial charge in [0.1, 0.15) is 0 Å². The van der Waals surface area contributed by atoms with E-state index in [0.717, 1.165) is 27.6 Å². The fourth-order valence-electron chi connectivity index (χ4n) is 2.44. The quantitative estimate of drug-likeness (QED) is 0.388. The van der Waals surface area contributed by atoms with Gasteiger partial charge in [0.25, 0.3) is 0 Å². The van der Waals surface area contributed by atoms with Crippen molar-refractivity contribution in [3.05, 3.63) is 83.2 Å². The average molecular weight is 380 g/mol. The van der Waals surface area contributed by atoms with E-state index in [1.807, 2.05) is 64.7 Å². The van der Waals surface area contributed by atoms with Gasteiger partial charge in [-0.1, -0.05) is 48.0 Å². The van der Waals surface area contributed by atoms with Crippen LogP contribution in [0, 0.1) is 0 Å². The molecule has 0 spiro atoms. The van der Waals surface area contributed by atoms with Gasteiger partial charge in [0, 0.05) is 23.3 Å². The molecule has 0 saturated carbocycles. The molecule has 26 heavy (non-hydrogen) atoms. The van der Waals surface area contributed by atoms with E-state index in [4.69, 9.17) is 11.6 Å². The number of nitrogens with one attached hydrogen (secondary N) is 1. The minimum absolute atomic E-state index is 0.632. The Morgan fingerprint density at radius 2 is 2.04 bits per heavy atom. The first-order valence-electron chi connectivity index (χ1n) is 7.87. The lowest BCUT2D eigenvalue weighted by atomic mass is 10.2. The predicted molar refractivity (Wildman–Crippen MR) is 107 cm³/mol. The normalized spacial score (nSPS) is 11.1. The van der Waals surface area contributed by atoms with Gasteiger partial charge in [-0.15, -0.1) is 11.3 Å². The number of aromatic nitrogens is 3. The zero-order valence-electron chi connectivity index (χ0n) is 13.6. The molecule has 7 heteroatoms. The van der Waals surface area contributed by atoms with E-state index in [9.17, 15) is 0 Å². The number of hydrogen-bond acceptors (Lipinski definition) is 5. The minimum Gasteiger partial charge on any atom is -0.305 e. The van der Waals surface area contributed by atoms with Crippen LogP contribution >= 0.6 is 22.9 Å². The first-order chi connectivity index (χ1) is 12.8. The van der Waals surface area contributed by atoms with Crippen LogP contribution in [-0.2, 0) is 0 Å². The molecule has 2 aromatic heterocycles.